The van der Waals surface area contributed by atoms with Crippen molar-refractivity contribution in [2.75, 3.05) is 6.54 Å². The molecule has 4 rings (SSSR count). The molecular weight excluding hydrogens is 322 g/mol. The maximum atomic E-state index is 11.6. The van der Waals surface area contributed by atoms with Crippen molar-refractivity contribution >= 4 is 17.3 Å². The number of thiophene rings is 1. The molecular formula is C18H23N3O2S. The highest BCUT2D eigenvalue weighted by atomic mass is 32.1. The number of carbonyl (C=O) groups is 1. The quantitative estimate of drug-likeness (QED) is 0.925. The second-order valence-electron chi connectivity index (χ2n) is 6.79. The minimum atomic E-state index is -0.888. The summed E-state index contributed by atoms with van der Waals surface area (Å²) in [5.41, 5.74) is 3.86. The SMILES string of the molecule is CCCn1nc(C(=O)O)c2c1CCC(N1CCc3sccc3C1)C2. The number of hydrogen-bond donors (Lipinski definition) is 1. The number of hydrogen-bond acceptors (Lipinski definition) is 4. The molecule has 2 aromatic heterocycles. The van der Waals surface area contributed by atoms with Crippen LogP contribution in [0.2, 0.25) is 0 Å². The molecule has 0 saturated carbocycles. The van der Waals surface area contributed by atoms with Crippen molar-refractivity contribution < 1.29 is 9.90 Å². The van der Waals surface area contributed by atoms with Crippen LogP contribution in [-0.4, -0.2) is 38.3 Å². The minimum absolute atomic E-state index is 0.274. The Morgan fingerprint density at radius 3 is 3.12 bits per heavy atom. The van der Waals surface area contributed by atoms with Crippen molar-refractivity contribution in [2.24, 2.45) is 0 Å². The van der Waals surface area contributed by atoms with Crippen molar-refractivity contribution in [3.63, 3.8) is 0 Å². The van der Waals surface area contributed by atoms with Crippen LogP contribution in [-0.2, 0) is 32.4 Å². The molecule has 2 aromatic rings. The molecule has 6 heteroatoms. The van der Waals surface area contributed by atoms with Gasteiger partial charge in [-0.3, -0.25) is 9.58 Å². The number of nitrogens with zero attached hydrogens (tertiary/aromatic N) is 3. The highest BCUT2D eigenvalue weighted by Gasteiger charge is 2.32. The Balaban J connectivity index is 1.58. The van der Waals surface area contributed by atoms with E-state index in [1.165, 1.54) is 10.4 Å². The van der Waals surface area contributed by atoms with Gasteiger partial charge in [0, 0.05) is 41.8 Å². The molecule has 1 unspecified atom stereocenters. The third kappa shape index (κ3) is 2.67. The summed E-state index contributed by atoms with van der Waals surface area (Å²) in [6, 6.07) is 2.67. The molecule has 5 nitrogen and oxygen atoms in total. The highest BCUT2D eigenvalue weighted by molar-refractivity contribution is 7.10. The van der Waals surface area contributed by atoms with Crippen LogP contribution in [0.15, 0.2) is 11.4 Å². The second kappa shape index (κ2) is 6.33. The number of fused-ring (bicyclic) bond motifs is 2. The lowest BCUT2D eigenvalue weighted by Crippen LogP contribution is -2.42. The zero-order valence-electron chi connectivity index (χ0n) is 14.0. The van der Waals surface area contributed by atoms with Crippen molar-refractivity contribution in [3.05, 3.63) is 38.8 Å². The van der Waals surface area contributed by atoms with Gasteiger partial charge in [0.15, 0.2) is 5.69 Å². The lowest BCUT2D eigenvalue weighted by Gasteiger charge is -2.36. The topological polar surface area (TPSA) is 58.4 Å². The normalized spacial score (nSPS) is 20.6. The first-order chi connectivity index (χ1) is 11.7. The number of carboxylic acids is 1. The zero-order valence-corrected chi connectivity index (χ0v) is 14.8. The predicted molar refractivity (Wildman–Crippen MR) is 93.7 cm³/mol. The summed E-state index contributed by atoms with van der Waals surface area (Å²) in [4.78, 5) is 15.7. The van der Waals surface area contributed by atoms with E-state index < -0.39 is 5.97 Å². The Morgan fingerprint density at radius 2 is 2.33 bits per heavy atom. The van der Waals surface area contributed by atoms with Gasteiger partial charge in [-0.05, 0) is 49.1 Å². The summed E-state index contributed by atoms with van der Waals surface area (Å²) in [6.07, 6.45) is 4.95. The van der Waals surface area contributed by atoms with Gasteiger partial charge in [0.2, 0.25) is 0 Å². The average molecular weight is 345 g/mol. The van der Waals surface area contributed by atoms with E-state index in [0.29, 0.717) is 6.04 Å². The summed E-state index contributed by atoms with van der Waals surface area (Å²) in [5.74, 6) is -0.888. The number of carboxylic acid groups (broad SMARTS) is 1. The zero-order chi connectivity index (χ0) is 16.7. The number of aryl methyl sites for hydroxylation is 1. The maximum Gasteiger partial charge on any atom is 0.356 e. The highest BCUT2D eigenvalue weighted by Crippen LogP contribution is 2.32. The molecule has 0 bridgehead atoms. The molecule has 0 spiro atoms. The lowest BCUT2D eigenvalue weighted by molar-refractivity contribution is 0.0687. The molecule has 3 heterocycles. The summed E-state index contributed by atoms with van der Waals surface area (Å²) in [5, 5.41) is 16.1. The first-order valence-electron chi connectivity index (χ1n) is 8.78. The van der Waals surface area contributed by atoms with Crippen LogP contribution in [0.25, 0.3) is 0 Å². The fraction of sp³-hybridized carbons (Fsp3) is 0.556. The summed E-state index contributed by atoms with van der Waals surface area (Å²) in [6.45, 7) is 5.00. The van der Waals surface area contributed by atoms with E-state index in [4.69, 9.17) is 0 Å². The van der Waals surface area contributed by atoms with E-state index in [-0.39, 0.29) is 5.69 Å². The van der Waals surface area contributed by atoms with Crippen molar-refractivity contribution in [3.8, 4) is 0 Å². The summed E-state index contributed by atoms with van der Waals surface area (Å²) < 4.78 is 1.93. The van der Waals surface area contributed by atoms with E-state index in [0.717, 1.165) is 63.0 Å². The van der Waals surface area contributed by atoms with E-state index in [1.807, 2.05) is 16.0 Å². The fourth-order valence-corrected chi connectivity index (χ4v) is 5.02. The van der Waals surface area contributed by atoms with E-state index in [1.54, 1.807) is 0 Å². The van der Waals surface area contributed by atoms with E-state index in [2.05, 4.69) is 28.4 Å². The van der Waals surface area contributed by atoms with Crippen LogP contribution in [0.4, 0.5) is 0 Å². The molecule has 128 valence electrons. The third-order valence-electron chi connectivity index (χ3n) is 5.31. The number of aromatic nitrogens is 2. The molecule has 0 fully saturated rings. The predicted octanol–water partition coefficient (Wildman–Crippen LogP) is 2.97. The van der Waals surface area contributed by atoms with Gasteiger partial charge in [-0.1, -0.05) is 6.92 Å². The Bertz CT molecular complexity index is 764. The van der Waals surface area contributed by atoms with Crippen molar-refractivity contribution in [2.45, 2.75) is 58.2 Å². The number of rotatable bonds is 4. The smallest absolute Gasteiger partial charge is 0.356 e. The van der Waals surface area contributed by atoms with Crippen LogP contribution >= 0.6 is 11.3 Å². The summed E-state index contributed by atoms with van der Waals surface area (Å²) in [7, 11) is 0. The van der Waals surface area contributed by atoms with Crippen LogP contribution in [0, 0.1) is 0 Å². The Hall–Kier alpha value is -1.66. The Morgan fingerprint density at radius 1 is 1.46 bits per heavy atom. The Kier molecular flexibility index (Phi) is 4.18. The molecule has 1 N–H and O–H groups in total. The standard InChI is InChI=1S/C18H23N3O2S/c1-2-7-21-15-4-3-13(10-14(15)17(19-21)18(22)23)20-8-5-16-12(11-20)6-9-24-16/h6,9,13H,2-5,7-8,10-11H2,1H3,(H,22,23). The molecule has 2 aliphatic rings. The third-order valence-corrected chi connectivity index (χ3v) is 6.34. The molecule has 24 heavy (non-hydrogen) atoms. The van der Waals surface area contributed by atoms with E-state index in [9.17, 15) is 9.90 Å². The van der Waals surface area contributed by atoms with Crippen LogP contribution < -0.4 is 0 Å². The minimum Gasteiger partial charge on any atom is -0.476 e. The monoisotopic (exact) mass is 345 g/mol. The van der Waals surface area contributed by atoms with Crippen molar-refractivity contribution in [1.82, 2.24) is 14.7 Å². The second-order valence-corrected chi connectivity index (χ2v) is 7.79. The molecule has 1 atom stereocenters. The van der Waals surface area contributed by atoms with Crippen molar-refractivity contribution in [1.29, 1.82) is 0 Å². The molecule has 0 saturated heterocycles. The van der Waals surface area contributed by atoms with Gasteiger partial charge in [0.1, 0.15) is 0 Å². The Labute approximate surface area is 145 Å². The van der Waals surface area contributed by atoms with Crippen LogP contribution in [0.1, 0.15) is 52.0 Å². The van der Waals surface area contributed by atoms with Crippen LogP contribution in [0.5, 0.6) is 0 Å². The lowest BCUT2D eigenvalue weighted by atomic mass is 9.89. The first-order valence-corrected chi connectivity index (χ1v) is 9.66. The van der Waals surface area contributed by atoms with Gasteiger partial charge in [-0.25, -0.2) is 4.79 Å². The van der Waals surface area contributed by atoms with Crippen LogP contribution in [0.3, 0.4) is 0 Å². The molecule has 1 aliphatic heterocycles. The first kappa shape index (κ1) is 15.8. The molecule has 0 aromatic carbocycles. The molecule has 0 radical (unpaired) electrons. The van der Waals surface area contributed by atoms with Gasteiger partial charge in [0.05, 0.1) is 0 Å². The van der Waals surface area contributed by atoms with Gasteiger partial charge in [-0.15, -0.1) is 11.3 Å². The van der Waals surface area contributed by atoms with E-state index >= 15 is 0 Å². The maximum absolute atomic E-state index is 11.6. The fourth-order valence-electron chi connectivity index (χ4n) is 4.13. The van der Waals surface area contributed by atoms with Gasteiger partial charge in [0.25, 0.3) is 0 Å². The average Bonchev–Trinajstić information content (AvgIpc) is 3.18. The summed E-state index contributed by atoms with van der Waals surface area (Å²) >= 11 is 1.86. The molecule has 0 amide bonds. The molecule has 1 aliphatic carbocycles. The number of aromatic carboxylic acids is 1. The van der Waals surface area contributed by atoms with Gasteiger partial charge >= 0.3 is 5.97 Å². The van der Waals surface area contributed by atoms with Gasteiger partial charge in [-0.2, -0.15) is 5.10 Å². The largest absolute Gasteiger partial charge is 0.476 e. The van der Waals surface area contributed by atoms with Gasteiger partial charge < -0.3 is 5.11 Å².